The Balaban J connectivity index is 1.56. The fraction of sp³-hybridized carbons (Fsp3) is 0.455. The lowest BCUT2D eigenvalue weighted by Gasteiger charge is -2.22. The normalized spacial score (nSPS) is 15.1. The lowest BCUT2D eigenvalue weighted by Crippen LogP contribution is -2.38. The molecular formula is C22H29N3O2. The van der Waals surface area contributed by atoms with Crippen molar-refractivity contribution >= 4 is 11.8 Å². The Labute approximate surface area is 161 Å². The molecule has 0 radical (unpaired) electrons. The summed E-state index contributed by atoms with van der Waals surface area (Å²) in [6.07, 6.45) is 4.06. The highest BCUT2D eigenvalue weighted by Gasteiger charge is 2.23. The Bertz CT molecular complexity index is 750. The summed E-state index contributed by atoms with van der Waals surface area (Å²) in [4.78, 5) is 32.2. The molecule has 27 heavy (non-hydrogen) atoms. The Hall–Kier alpha value is -2.56. The van der Waals surface area contributed by atoms with E-state index in [1.807, 2.05) is 40.3 Å². The summed E-state index contributed by atoms with van der Waals surface area (Å²) >= 11 is 0. The second-order valence-electron chi connectivity index (χ2n) is 7.69. The lowest BCUT2D eigenvalue weighted by atomic mass is 10.0. The van der Waals surface area contributed by atoms with Gasteiger partial charge in [0.2, 0.25) is 5.91 Å². The molecule has 1 fully saturated rings. The molecule has 1 saturated heterocycles. The molecule has 0 spiro atoms. The number of aromatic amines is 1. The fourth-order valence-electron chi connectivity index (χ4n) is 3.56. The van der Waals surface area contributed by atoms with Crippen LogP contribution in [0.2, 0.25) is 0 Å². The van der Waals surface area contributed by atoms with E-state index in [0.29, 0.717) is 38.5 Å². The minimum absolute atomic E-state index is 0.0600. The number of nitrogens with one attached hydrogen (secondary N) is 1. The van der Waals surface area contributed by atoms with Crippen molar-refractivity contribution in [2.75, 3.05) is 26.2 Å². The van der Waals surface area contributed by atoms with E-state index < -0.39 is 0 Å². The van der Waals surface area contributed by atoms with Gasteiger partial charge in [-0.05, 0) is 48.6 Å². The van der Waals surface area contributed by atoms with Gasteiger partial charge in [0, 0.05) is 43.6 Å². The van der Waals surface area contributed by atoms with Crippen molar-refractivity contribution in [3.63, 3.8) is 0 Å². The van der Waals surface area contributed by atoms with E-state index in [1.165, 1.54) is 5.56 Å². The van der Waals surface area contributed by atoms with Crippen LogP contribution in [0, 0.1) is 5.92 Å². The number of aromatic nitrogens is 1. The standard InChI is InChI=1S/C22H29N3O2/c1-17(2)15-18-6-8-19(9-7-18)22(27)25-12-4-11-24(13-14-25)21(26)16-20-5-3-10-23-20/h3,5-10,17,23H,4,11-16H2,1-2H3. The maximum absolute atomic E-state index is 12.8. The van der Waals surface area contributed by atoms with Crippen molar-refractivity contribution in [1.29, 1.82) is 0 Å². The lowest BCUT2D eigenvalue weighted by molar-refractivity contribution is -0.130. The zero-order chi connectivity index (χ0) is 19.2. The fourth-order valence-corrected chi connectivity index (χ4v) is 3.56. The Morgan fingerprint density at radius 3 is 2.37 bits per heavy atom. The molecule has 1 aliphatic heterocycles. The van der Waals surface area contributed by atoms with Crippen LogP contribution in [0.4, 0.5) is 0 Å². The molecule has 5 heteroatoms. The number of hydrogen-bond donors (Lipinski definition) is 1. The van der Waals surface area contributed by atoms with Gasteiger partial charge >= 0.3 is 0 Å². The van der Waals surface area contributed by atoms with E-state index in [1.54, 1.807) is 0 Å². The number of carbonyl (C=O) groups excluding carboxylic acids is 2. The molecule has 0 aliphatic carbocycles. The van der Waals surface area contributed by atoms with Crippen molar-refractivity contribution in [3.8, 4) is 0 Å². The van der Waals surface area contributed by atoms with Crippen molar-refractivity contribution in [2.24, 2.45) is 5.92 Å². The van der Waals surface area contributed by atoms with Crippen LogP contribution < -0.4 is 0 Å². The highest BCUT2D eigenvalue weighted by atomic mass is 16.2. The molecule has 5 nitrogen and oxygen atoms in total. The molecule has 0 bridgehead atoms. The zero-order valence-corrected chi connectivity index (χ0v) is 16.3. The van der Waals surface area contributed by atoms with Crippen molar-refractivity contribution in [3.05, 3.63) is 59.4 Å². The molecular weight excluding hydrogens is 338 g/mol. The van der Waals surface area contributed by atoms with Crippen LogP contribution in [0.3, 0.4) is 0 Å². The molecule has 1 aromatic carbocycles. The van der Waals surface area contributed by atoms with Crippen molar-refractivity contribution < 1.29 is 9.59 Å². The maximum Gasteiger partial charge on any atom is 0.253 e. The molecule has 1 aliphatic rings. The van der Waals surface area contributed by atoms with Crippen LogP contribution in [-0.2, 0) is 17.6 Å². The van der Waals surface area contributed by atoms with Crippen molar-refractivity contribution in [2.45, 2.75) is 33.1 Å². The van der Waals surface area contributed by atoms with E-state index in [4.69, 9.17) is 0 Å². The Morgan fingerprint density at radius 1 is 1.00 bits per heavy atom. The van der Waals surface area contributed by atoms with Crippen molar-refractivity contribution in [1.82, 2.24) is 14.8 Å². The van der Waals surface area contributed by atoms with E-state index >= 15 is 0 Å². The van der Waals surface area contributed by atoms with Crippen LogP contribution in [0.1, 0.15) is 41.9 Å². The molecule has 0 unspecified atom stereocenters. The number of carbonyl (C=O) groups is 2. The summed E-state index contributed by atoms with van der Waals surface area (Å²) in [6, 6.07) is 11.8. The molecule has 2 amide bonds. The molecule has 2 aromatic rings. The number of nitrogens with zero attached hydrogens (tertiary/aromatic N) is 2. The highest BCUT2D eigenvalue weighted by molar-refractivity contribution is 5.94. The quantitative estimate of drug-likeness (QED) is 0.883. The van der Waals surface area contributed by atoms with Gasteiger partial charge in [0.25, 0.3) is 5.91 Å². The van der Waals surface area contributed by atoms with Gasteiger partial charge in [0.15, 0.2) is 0 Å². The first-order chi connectivity index (χ1) is 13.0. The first-order valence-corrected chi connectivity index (χ1v) is 9.81. The van der Waals surface area contributed by atoms with Gasteiger partial charge in [-0.2, -0.15) is 0 Å². The van der Waals surface area contributed by atoms with E-state index in [0.717, 1.165) is 24.1 Å². The SMILES string of the molecule is CC(C)Cc1ccc(C(=O)N2CCCN(C(=O)Cc3ccc[nH]3)CC2)cc1. The number of benzene rings is 1. The summed E-state index contributed by atoms with van der Waals surface area (Å²) in [6.45, 7) is 6.97. The van der Waals surface area contributed by atoms with Crippen LogP contribution in [0.25, 0.3) is 0 Å². The molecule has 2 heterocycles. The molecule has 0 atom stereocenters. The molecule has 144 valence electrons. The van der Waals surface area contributed by atoms with Gasteiger partial charge in [-0.25, -0.2) is 0 Å². The van der Waals surface area contributed by atoms with E-state index in [2.05, 4.69) is 31.0 Å². The van der Waals surface area contributed by atoms with E-state index in [9.17, 15) is 9.59 Å². The average molecular weight is 367 g/mol. The first-order valence-electron chi connectivity index (χ1n) is 9.81. The highest BCUT2D eigenvalue weighted by Crippen LogP contribution is 2.14. The van der Waals surface area contributed by atoms with Gasteiger partial charge in [-0.3, -0.25) is 9.59 Å². The third-order valence-corrected chi connectivity index (χ3v) is 4.98. The number of hydrogen-bond acceptors (Lipinski definition) is 2. The topological polar surface area (TPSA) is 56.4 Å². The number of amides is 2. The predicted octanol–water partition coefficient (Wildman–Crippen LogP) is 3.13. The second kappa shape index (κ2) is 8.89. The molecule has 1 N–H and O–H groups in total. The van der Waals surface area contributed by atoms with Crippen LogP contribution in [0.15, 0.2) is 42.6 Å². The summed E-state index contributed by atoms with van der Waals surface area (Å²) < 4.78 is 0. The Kier molecular flexibility index (Phi) is 6.32. The first kappa shape index (κ1) is 19.2. The monoisotopic (exact) mass is 367 g/mol. The third-order valence-electron chi connectivity index (χ3n) is 4.98. The molecule has 1 aromatic heterocycles. The average Bonchev–Trinajstić information content (AvgIpc) is 3.02. The van der Waals surface area contributed by atoms with Crippen LogP contribution in [-0.4, -0.2) is 52.8 Å². The number of H-pyrrole nitrogens is 1. The third kappa shape index (κ3) is 5.22. The Morgan fingerprint density at radius 2 is 1.70 bits per heavy atom. The summed E-state index contributed by atoms with van der Waals surface area (Å²) in [7, 11) is 0. The van der Waals surface area contributed by atoms with Gasteiger partial charge in [0.05, 0.1) is 6.42 Å². The zero-order valence-electron chi connectivity index (χ0n) is 16.3. The van der Waals surface area contributed by atoms with Gasteiger partial charge in [0.1, 0.15) is 0 Å². The predicted molar refractivity (Wildman–Crippen MR) is 107 cm³/mol. The molecule has 3 rings (SSSR count). The molecule has 0 saturated carbocycles. The summed E-state index contributed by atoms with van der Waals surface area (Å²) in [5, 5.41) is 0. The van der Waals surface area contributed by atoms with Crippen LogP contribution >= 0.6 is 0 Å². The summed E-state index contributed by atoms with van der Waals surface area (Å²) in [5.41, 5.74) is 2.92. The minimum Gasteiger partial charge on any atom is -0.365 e. The summed E-state index contributed by atoms with van der Waals surface area (Å²) in [5.74, 6) is 0.779. The second-order valence-corrected chi connectivity index (χ2v) is 7.69. The minimum atomic E-state index is 0.0600. The van der Waals surface area contributed by atoms with E-state index in [-0.39, 0.29) is 11.8 Å². The maximum atomic E-state index is 12.8. The smallest absolute Gasteiger partial charge is 0.253 e. The van der Waals surface area contributed by atoms with Gasteiger partial charge in [-0.15, -0.1) is 0 Å². The largest absolute Gasteiger partial charge is 0.365 e. The van der Waals surface area contributed by atoms with Crippen LogP contribution in [0.5, 0.6) is 0 Å². The van der Waals surface area contributed by atoms with Gasteiger partial charge < -0.3 is 14.8 Å². The van der Waals surface area contributed by atoms with Gasteiger partial charge in [-0.1, -0.05) is 26.0 Å². The number of rotatable bonds is 5.